The van der Waals surface area contributed by atoms with E-state index in [2.05, 4.69) is 51.2 Å². The molecular weight excluding hydrogens is 296 g/mol. The van der Waals surface area contributed by atoms with Crippen molar-refractivity contribution < 1.29 is 4.79 Å². The number of hydrogen-bond donors (Lipinski definition) is 1. The minimum atomic E-state index is 0.0944. The Bertz CT molecular complexity index is 795. The molecule has 0 aliphatic carbocycles. The summed E-state index contributed by atoms with van der Waals surface area (Å²) in [6, 6.07) is 10.6. The van der Waals surface area contributed by atoms with Crippen molar-refractivity contribution in [1.82, 2.24) is 0 Å². The van der Waals surface area contributed by atoms with E-state index in [-0.39, 0.29) is 11.9 Å². The van der Waals surface area contributed by atoms with Crippen molar-refractivity contribution in [2.75, 3.05) is 16.8 Å². The summed E-state index contributed by atoms with van der Waals surface area (Å²) in [5, 5.41) is 3.58. The van der Waals surface area contributed by atoms with Crippen LogP contribution in [0, 0.1) is 27.7 Å². The molecule has 0 radical (unpaired) electrons. The molecule has 1 aliphatic heterocycles. The van der Waals surface area contributed by atoms with Gasteiger partial charge in [-0.3, -0.25) is 4.79 Å². The number of anilines is 2. The first-order chi connectivity index (χ1) is 11.4. The minimum absolute atomic E-state index is 0.0944. The summed E-state index contributed by atoms with van der Waals surface area (Å²) in [6.45, 7) is 11.1. The molecule has 2 aromatic rings. The number of benzene rings is 2. The summed E-state index contributed by atoms with van der Waals surface area (Å²) in [7, 11) is 0. The molecule has 0 aromatic heterocycles. The quantitative estimate of drug-likeness (QED) is 0.863. The Morgan fingerprint density at radius 1 is 1.08 bits per heavy atom. The molecule has 1 N–H and O–H groups in total. The fourth-order valence-electron chi connectivity index (χ4n) is 3.35. The van der Waals surface area contributed by atoms with Gasteiger partial charge in [-0.1, -0.05) is 24.6 Å². The Balaban J connectivity index is 2.06. The lowest BCUT2D eigenvalue weighted by Gasteiger charge is -2.36. The van der Waals surface area contributed by atoms with E-state index < -0.39 is 0 Å². The van der Waals surface area contributed by atoms with Gasteiger partial charge < -0.3 is 10.2 Å². The van der Waals surface area contributed by atoms with Crippen molar-refractivity contribution in [3.05, 3.63) is 58.1 Å². The van der Waals surface area contributed by atoms with Crippen molar-refractivity contribution in [3.63, 3.8) is 0 Å². The van der Waals surface area contributed by atoms with Gasteiger partial charge in [0.2, 0.25) is 0 Å². The first kappa shape index (κ1) is 16.6. The minimum Gasteiger partial charge on any atom is -0.379 e. The van der Waals surface area contributed by atoms with Crippen LogP contribution < -0.4 is 10.2 Å². The van der Waals surface area contributed by atoms with Crippen molar-refractivity contribution in [1.29, 1.82) is 0 Å². The lowest BCUT2D eigenvalue weighted by molar-refractivity contribution is 0.0984. The second-order valence-corrected chi connectivity index (χ2v) is 6.94. The number of carbonyl (C=O) groups is 1. The van der Waals surface area contributed by atoms with Crippen molar-refractivity contribution >= 4 is 17.3 Å². The third-order valence-electron chi connectivity index (χ3n) is 5.02. The summed E-state index contributed by atoms with van der Waals surface area (Å²) in [5.41, 5.74) is 7.53. The maximum atomic E-state index is 13.3. The van der Waals surface area contributed by atoms with E-state index in [1.54, 1.807) is 0 Å². The first-order valence-electron chi connectivity index (χ1n) is 8.67. The summed E-state index contributed by atoms with van der Waals surface area (Å²) >= 11 is 0. The van der Waals surface area contributed by atoms with E-state index in [0.717, 1.165) is 28.9 Å². The highest BCUT2D eigenvalue weighted by Crippen LogP contribution is 2.35. The van der Waals surface area contributed by atoms with E-state index in [4.69, 9.17) is 0 Å². The molecule has 126 valence electrons. The van der Waals surface area contributed by atoms with E-state index in [1.807, 2.05) is 24.0 Å². The highest BCUT2D eigenvalue weighted by Gasteiger charge is 2.29. The van der Waals surface area contributed by atoms with Crippen molar-refractivity contribution in [2.24, 2.45) is 0 Å². The predicted molar refractivity (Wildman–Crippen MR) is 101 cm³/mol. The molecule has 0 saturated carbocycles. The smallest absolute Gasteiger partial charge is 0.258 e. The molecular formula is C21H26N2O. The molecule has 1 heterocycles. The van der Waals surface area contributed by atoms with E-state index in [1.165, 1.54) is 16.7 Å². The van der Waals surface area contributed by atoms with Crippen LogP contribution in [0.2, 0.25) is 0 Å². The Labute approximate surface area is 144 Å². The summed E-state index contributed by atoms with van der Waals surface area (Å²) < 4.78 is 0. The number of rotatable bonds is 2. The third-order valence-corrected chi connectivity index (χ3v) is 5.02. The van der Waals surface area contributed by atoms with Gasteiger partial charge in [0.25, 0.3) is 5.91 Å². The second-order valence-electron chi connectivity index (χ2n) is 6.94. The molecule has 1 unspecified atom stereocenters. The fourth-order valence-corrected chi connectivity index (χ4v) is 3.35. The number of nitrogens with one attached hydrogen (secondary N) is 1. The molecule has 3 rings (SSSR count). The predicted octanol–water partition coefficient (Wildman–Crippen LogP) is 4.77. The number of nitrogens with zero attached hydrogens (tertiary/aromatic N) is 1. The number of aryl methyl sites for hydroxylation is 4. The number of carbonyl (C=O) groups excluding carboxylic acids is 1. The number of fused-ring (bicyclic) bond motifs is 1. The zero-order valence-electron chi connectivity index (χ0n) is 15.2. The SMILES string of the molecule is CCC1CN(C(=O)c2ccc(C)cc2C)c2cc(C)c(C)cc2N1. The first-order valence-corrected chi connectivity index (χ1v) is 8.67. The molecule has 3 nitrogen and oxygen atoms in total. The van der Waals surface area contributed by atoms with E-state index in [9.17, 15) is 4.79 Å². The standard InChI is InChI=1S/C21H26N2O/c1-6-17-12-23(20-11-15(4)14(3)10-19(20)22-17)21(24)18-8-7-13(2)9-16(18)5/h7-11,17,22H,6,12H2,1-5H3. The average Bonchev–Trinajstić information content (AvgIpc) is 2.54. The van der Waals surface area contributed by atoms with Gasteiger partial charge in [0.1, 0.15) is 0 Å². The van der Waals surface area contributed by atoms with Gasteiger partial charge in [-0.25, -0.2) is 0 Å². The maximum Gasteiger partial charge on any atom is 0.258 e. The molecule has 1 amide bonds. The molecule has 0 fully saturated rings. The topological polar surface area (TPSA) is 32.3 Å². The normalized spacial score (nSPS) is 16.5. The van der Waals surface area contributed by atoms with Crippen LogP contribution in [-0.4, -0.2) is 18.5 Å². The van der Waals surface area contributed by atoms with Gasteiger partial charge in [0.15, 0.2) is 0 Å². The molecule has 24 heavy (non-hydrogen) atoms. The maximum absolute atomic E-state index is 13.3. The summed E-state index contributed by atoms with van der Waals surface area (Å²) in [4.78, 5) is 15.2. The molecule has 1 aliphatic rings. The highest BCUT2D eigenvalue weighted by molar-refractivity contribution is 6.09. The Hall–Kier alpha value is -2.29. The van der Waals surface area contributed by atoms with Gasteiger partial charge in [-0.05, 0) is 69.0 Å². The molecule has 1 atom stereocenters. The monoisotopic (exact) mass is 322 g/mol. The summed E-state index contributed by atoms with van der Waals surface area (Å²) in [5.74, 6) is 0.0944. The van der Waals surface area contributed by atoms with Crippen LogP contribution in [-0.2, 0) is 0 Å². The van der Waals surface area contributed by atoms with Crippen LogP contribution in [0.25, 0.3) is 0 Å². The van der Waals surface area contributed by atoms with E-state index >= 15 is 0 Å². The molecule has 0 spiro atoms. The Morgan fingerprint density at radius 2 is 1.79 bits per heavy atom. The van der Waals surface area contributed by atoms with Crippen LogP contribution in [0.15, 0.2) is 30.3 Å². The zero-order chi connectivity index (χ0) is 17.4. The number of amides is 1. The van der Waals surface area contributed by atoms with Crippen LogP contribution >= 0.6 is 0 Å². The molecule has 0 saturated heterocycles. The molecule has 0 bridgehead atoms. The lowest BCUT2D eigenvalue weighted by Crippen LogP contribution is -2.44. The van der Waals surface area contributed by atoms with E-state index in [0.29, 0.717) is 6.54 Å². The van der Waals surface area contributed by atoms with Crippen LogP contribution in [0.4, 0.5) is 11.4 Å². The van der Waals surface area contributed by atoms with Gasteiger partial charge in [-0.15, -0.1) is 0 Å². The van der Waals surface area contributed by atoms with Gasteiger partial charge in [0.05, 0.1) is 11.4 Å². The average molecular weight is 322 g/mol. The van der Waals surface area contributed by atoms with Crippen LogP contribution in [0.1, 0.15) is 46.0 Å². The zero-order valence-corrected chi connectivity index (χ0v) is 15.2. The van der Waals surface area contributed by atoms with Gasteiger partial charge >= 0.3 is 0 Å². The van der Waals surface area contributed by atoms with Gasteiger partial charge in [-0.2, -0.15) is 0 Å². The largest absolute Gasteiger partial charge is 0.379 e. The fraction of sp³-hybridized carbons (Fsp3) is 0.381. The van der Waals surface area contributed by atoms with Crippen molar-refractivity contribution in [3.8, 4) is 0 Å². The molecule has 3 heteroatoms. The lowest BCUT2D eigenvalue weighted by atomic mass is 9.99. The highest BCUT2D eigenvalue weighted by atomic mass is 16.2. The van der Waals surface area contributed by atoms with Gasteiger partial charge in [0, 0.05) is 18.2 Å². The second kappa shape index (κ2) is 6.31. The Kier molecular flexibility index (Phi) is 4.35. The summed E-state index contributed by atoms with van der Waals surface area (Å²) in [6.07, 6.45) is 0.989. The number of hydrogen-bond acceptors (Lipinski definition) is 2. The van der Waals surface area contributed by atoms with Crippen molar-refractivity contribution in [2.45, 2.75) is 47.1 Å². The molecule has 2 aromatic carbocycles. The third kappa shape index (κ3) is 2.91. The van der Waals surface area contributed by atoms with Crippen LogP contribution in [0.5, 0.6) is 0 Å². The Morgan fingerprint density at radius 3 is 2.46 bits per heavy atom. The van der Waals surface area contributed by atoms with Crippen LogP contribution in [0.3, 0.4) is 0 Å².